The van der Waals surface area contributed by atoms with Gasteiger partial charge in [0.15, 0.2) is 8.52 Å². The second-order valence-corrected chi connectivity index (χ2v) is 5.72. The van der Waals surface area contributed by atoms with Crippen molar-refractivity contribution in [3.05, 3.63) is 30.3 Å². The minimum Gasteiger partial charge on any atom is -0.333 e. The van der Waals surface area contributed by atoms with Gasteiger partial charge in [0.05, 0.1) is 0 Å². The van der Waals surface area contributed by atoms with Crippen molar-refractivity contribution in [1.29, 1.82) is 0 Å². The SMILES string of the molecule is c1ccc(NP2N=PN=PN2)cc1. The van der Waals surface area contributed by atoms with Crippen molar-refractivity contribution in [1.82, 2.24) is 4.86 Å². The molecule has 0 saturated heterocycles. The van der Waals surface area contributed by atoms with E-state index in [2.05, 4.69) is 19.0 Å². The number of rotatable bonds is 2. The van der Waals surface area contributed by atoms with Crippen LogP contribution in [0.15, 0.2) is 39.4 Å². The number of hydrogen-bond acceptors (Lipinski definition) is 4. The Balaban J connectivity index is 1.99. The standard InChI is InChI=1S/C6H7N4P3/c1-2-4-6(5-3-1)7-13-9-11-8-12-10-13/h1-5,7H,(H,8,9,10). The van der Waals surface area contributed by atoms with E-state index in [0.717, 1.165) is 22.7 Å². The first kappa shape index (κ1) is 9.18. The smallest absolute Gasteiger partial charge is 0.208 e. The molecule has 1 aromatic rings. The number of benzene rings is 1. The number of hydrogen-bond donors (Lipinski definition) is 2. The molecule has 0 aromatic heterocycles. The van der Waals surface area contributed by atoms with Crippen LogP contribution in [0.5, 0.6) is 0 Å². The summed E-state index contributed by atoms with van der Waals surface area (Å²) in [5, 5.41) is 3.29. The molecule has 0 bridgehead atoms. The summed E-state index contributed by atoms with van der Waals surface area (Å²) >= 11 is 0. The lowest BCUT2D eigenvalue weighted by molar-refractivity contribution is 1.55. The Morgan fingerprint density at radius 1 is 1.31 bits per heavy atom. The van der Waals surface area contributed by atoms with Crippen LogP contribution in [0.4, 0.5) is 5.69 Å². The van der Waals surface area contributed by atoms with Gasteiger partial charge in [0.2, 0.25) is 8.37 Å². The maximum Gasteiger partial charge on any atom is 0.208 e. The molecule has 0 amide bonds. The molecule has 0 saturated carbocycles. The Morgan fingerprint density at radius 3 is 2.85 bits per heavy atom. The summed E-state index contributed by atoms with van der Waals surface area (Å²) in [6.45, 7) is 0. The molecule has 0 fully saturated rings. The largest absolute Gasteiger partial charge is 0.333 e. The highest BCUT2D eigenvalue weighted by Gasteiger charge is 2.06. The Kier molecular flexibility index (Phi) is 3.34. The van der Waals surface area contributed by atoms with Gasteiger partial charge in [0, 0.05) is 5.69 Å². The highest BCUT2D eigenvalue weighted by atomic mass is 31.2. The lowest BCUT2D eigenvalue weighted by Gasteiger charge is -2.13. The minimum atomic E-state index is -0.641. The van der Waals surface area contributed by atoms with E-state index in [1.807, 2.05) is 30.3 Å². The van der Waals surface area contributed by atoms with Gasteiger partial charge in [-0.1, -0.05) is 18.2 Å². The van der Waals surface area contributed by atoms with Gasteiger partial charge in [0.25, 0.3) is 0 Å². The number of para-hydroxylation sites is 1. The van der Waals surface area contributed by atoms with Crippen LogP contribution in [0.2, 0.25) is 0 Å². The van der Waals surface area contributed by atoms with Gasteiger partial charge in [-0.15, -0.1) is 0 Å². The molecule has 0 aliphatic carbocycles. The monoisotopic (exact) mass is 228 g/mol. The fourth-order valence-corrected chi connectivity index (χ4v) is 3.94. The Hall–Kier alpha value is -0.390. The van der Waals surface area contributed by atoms with Crippen LogP contribution in [0.25, 0.3) is 0 Å². The molecule has 0 spiro atoms. The first-order valence-electron chi connectivity index (χ1n) is 3.63. The normalized spacial score (nSPS) is 22.6. The molecule has 0 radical (unpaired) electrons. The summed E-state index contributed by atoms with van der Waals surface area (Å²) in [6, 6.07) is 10.1. The minimum absolute atomic E-state index is 0.641. The van der Waals surface area contributed by atoms with E-state index in [4.69, 9.17) is 0 Å². The molecule has 2 N–H and O–H groups in total. The van der Waals surface area contributed by atoms with Crippen LogP contribution in [0, 0.1) is 0 Å². The van der Waals surface area contributed by atoms with E-state index in [-0.39, 0.29) is 0 Å². The van der Waals surface area contributed by atoms with Crippen molar-refractivity contribution in [3.8, 4) is 0 Å². The molecule has 2 rings (SSSR count). The highest BCUT2D eigenvalue weighted by molar-refractivity contribution is 7.68. The van der Waals surface area contributed by atoms with Crippen LogP contribution in [-0.2, 0) is 0 Å². The van der Waals surface area contributed by atoms with Gasteiger partial charge in [0.1, 0.15) is 8.52 Å². The van der Waals surface area contributed by atoms with Crippen LogP contribution < -0.4 is 9.95 Å². The van der Waals surface area contributed by atoms with E-state index in [0.29, 0.717) is 0 Å². The maximum atomic E-state index is 4.27. The maximum absolute atomic E-state index is 4.27. The molecule has 4 nitrogen and oxygen atoms in total. The summed E-state index contributed by atoms with van der Waals surface area (Å²) in [5.74, 6) is 0. The summed E-state index contributed by atoms with van der Waals surface area (Å²) in [4.78, 5) is 3.15. The van der Waals surface area contributed by atoms with Gasteiger partial charge in [-0.3, -0.25) is 0 Å². The van der Waals surface area contributed by atoms with Gasteiger partial charge >= 0.3 is 0 Å². The molecule has 66 valence electrons. The van der Waals surface area contributed by atoms with Crippen LogP contribution in [0.1, 0.15) is 0 Å². The summed E-state index contributed by atoms with van der Waals surface area (Å²) in [7, 11) is 1.09. The summed E-state index contributed by atoms with van der Waals surface area (Å²) in [6.07, 6.45) is 0. The third-order valence-electron chi connectivity index (χ3n) is 1.36. The van der Waals surface area contributed by atoms with Crippen LogP contribution in [0.3, 0.4) is 0 Å². The predicted molar refractivity (Wildman–Crippen MR) is 58.8 cm³/mol. The zero-order valence-corrected chi connectivity index (χ0v) is 9.31. The molecular weight excluding hydrogens is 221 g/mol. The number of nitrogens with zero attached hydrogens (tertiary/aromatic N) is 2. The second-order valence-electron chi connectivity index (χ2n) is 2.26. The lowest BCUT2D eigenvalue weighted by atomic mass is 10.3. The highest BCUT2D eigenvalue weighted by Crippen LogP contribution is 2.42. The molecule has 13 heavy (non-hydrogen) atoms. The summed E-state index contributed by atoms with van der Waals surface area (Å²) in [5.41, 5.74) is 1.09. The van der Waals surface area contributed by atoms with E-state index < -0.39 is 8.37 Å². The third kappa shape index (κ3) is 2.79. The van der Waals surface area contributed by atoms with E-state index in [9.17, 15) is 0 Å². The van der Waals surface area contributed by atoms with Crippen LogP contribution in [-0.4, -0.2) is 0 Å². The number of anilines is 1. The third-order valence-corrected chi connectivity index (χ3v) is 4.66. The Bertz CT molecular complexity index is 326. The van der Waals surface area contributed by atoms with Crippen molar-refractivity contribution < 1.29 is 0 Å². The predicted octanol–water partition coefficient (Wildman–Crippen LogP) is 4.02. The van der Waals surface area contributed by atoms with E-state index >= 15 is 0 Å². The fraction of sp³-hybridized carbons (Fsp3) is 0. The topological polar surface area (TPSA) is 48.8 Å². The molecular formula is C6H7N4P3. The van der Waals surface area contributed by atoms with Gasteiger partial charge in [-0.2, -0.15) is 13.9 Å². The molecule has 1 aliphatic heterocycles. The van der Waals surface area contributed by atoms with Crippen molar-refractivity contribution in [2.75, 3.05) is 5.09 Å². The Labute approximate surface area is 80.9 Å². The molecule has 1 aliphatic rings. The first-order valence-corrected chi connectivity index (χ1v) is 6.57. The molecule has 1 atom stereocenters. The van der Waals surface area contributed by atoms with Gasteiger partial charge < -0.3 is 5.09 Å². The average Bonchev–Trinajstić information content (AvgIpc) is 2.21. The lowest BCUT2D eigenvalue weighted by Crippen LogP contribution is -1.98. The van der Waals surface area contributed by atoms with Crippen molar-refractivity contribution in [2.24, 2.45) is 9.03 Å². The van der Waals surface area contributed by atoms with Gasteiger partial charge in [-0.25, -0.2) is 0 Å². The fourth-order valence-electron chi connectivity index (χ4n) is 0.843. The van der Waals surface area contributed by atoms with E-state index in [1.165, 1.54) is 0 Å². The molecule has 7 heteroatoms. The first-order chi connectivity index (χ1) is 6.45. The van der Waals surface area contributed by atoms with Crippen molar-refractivity contribution in [3.63, 3.8) is 0 Å². The van der Waals surface area contributed by atoms with Gasteiger partial charge in [-0.05, 0) is 12.1 Å². The average molecular weight is 228 g/mol. The summed E-state index contributed by atoms with van der Waals surface area (Å²) < 4.78 is 8.28. The molecule has 1 aromatic carbocycles. The molecule has 1 unspecified atom stereocenters. The second kappa shape index (κ2) is 4.74. The zero-order chi connectivity index (χ0) is 8.93. The number of nitrogens with one attached hydrogen (secondary N) is 2. The zero-order valence-electron chi connectivity index (χ0n) is 6.62. The Morgan fingerprint density at radius 2 is 2.15 bits per heavy atom. The quantitative estimate of drug-likeness (QED) is 0.751. The van der Waals surface area contributed by atoms with Crippen molar-refractivity contribution in [2.45, 2.75) is 0 Å². The van der Waals surface area contributed by atoms with Crippen molar-refractivity contribution >= 4 is 31.1 Å². The van der Waals surface area contributed by atoms with E-state index in [1.54, 1.807) is 0 Å². The van der Waals surface area contributed by atoms with Crippen LogP contribution >= 0.6 is 25.4 Å². The molecule has 1 heterocycles.